The van der Waals surface area contributed by atoms with Gasteiger partial charge in [0.2, 0.25) is 0 Å². The molecular weight excluding hydrogens is 200 g/mol. The number of hydrogen-bond acceptors (Lipinski definition) is 3. The summed E-state index contributed by atoms with van der Waals surface area (Å²) in [6.07, 6.45) is 6.47. The summed E-state index contributed by atoms with van der Waals surface area (Å²) < 4.78 is 0. The van der Waals surface area contributed by atoms with Gasteiger partial charge in [0.05, 0.1) is 6.20 Å². The average Bonchev–Trinajstić information content (AvgIpc) is 2.80. The molecule has 90 valence electrons. The molecule has 1 fully saturated rings. The van der Waals surface area contributed by atoms with Gasteiger partial charge in [0.25, 0.3) is 0 Å². The van der Waals surface area contributed by atoms with Crippen LogP contribution in [0.5, 0.6) is 0 Å². The lowest BCUT2D eigenvalue weighted by Gasteiger charge is -2.33. The highest BCUT2D eigenvalue weighted by Crippen LogP contribution is 2.19. The van der Waals surface area contributed by atoms with Gasteiger partial charge in [-0.05, 0) is 45.8 Å². The van der Waals surface area contributed by atoms with Crippen molar-refractivity contribution in [3.05, 3.63) is 18.0 Å². The van der Waals surface area contributed by atoms with Crippen LogP contribution >= 0.6 is 0 Å². The van der Waals surface area contributed by atoms with E-state index in [1.165, 1.54) is 31.5 Å². The van der Waals surface area contributed by atoms with Crippen LogP contribution in [0, 0.1) is 5.92 Å². The van der Waals surface area contributed by atoms with Crippen LogP contribution in [-0.4, -0.2) is 41.3 Å². The van der Waals surface area contributed by atoms with Crippen molar-refractivity contribution >= 4 is 0 Å². The van der Waals surface area contributed by atoms with Crippen molar-refractivity contribution in [2.45, 2.75) is 32.4 Å². The number of piperidine rings is 1. The largest absolute Gasteiger partial charge is 0.310 e. The topological polar surface area (TPSA) is 44.0 Å². The number of H-pyrrole nitrogens is 1. The van der Waals surface area contributed by atoms with Gasteiger partial charge < -0.3 is 10.2 Å². The van der Waals surface area contributed by atoms with Gasteiger partial charge in [0.15, 0.2) is 0 Å². The average molecular weight is 222 g/mol. The maximum atomic E-state index is 3.95. The second kappa shape index (κ2) is 5.46. The predicted octanol–water partition coefficient (Wildman–Crippen LogP) is 1.23. The Morgan fingerprint density at radius 2 is 2.31 bits per heavy atom. The van der Waals surface area contributed by atoms with Crippen LogP contribution < -0.4 is 5.32 Å². The van der Waals surface area contributed by atoms with E-state index in [1.807, 2.05) is 12.4 Å². The van der Waals surface area contributed by atoms with Crippen LogP contribution in [0.3, 0.4) is 0 Å². The zero-order valence-corrected chi connectivity index (χ0v) is 10.2. The van der Waals surface area contributed by atoms with E-state index in [1.54, 1.807) is 0 Å². The quantitative estimate of drug-likeness (QED) is 0.805. The highest BCUT2D eigenvalue weighted by atomic mass is 15.1. The maximum Gasteiger partial charge on any atom is 0.0532 e. The van der Waals surface area contributed by atoms with E-state index >= 15 is 0 Å². The van der Waals surface area contributed by atoms with E-state index in [0.29, 0.717) is 6.04 Å². The number of aromatic amines is 1. The number of hydrogen-bond donors (Lipinski definition) is 2. The Morgan fingerprint density at radius 1 is 1.56 bits per heavy atom. The molecule has 1 aliphatic rings. The second-order valence-corrected chi connectivity index (χ2v) is 4.92. The summed E-state index contributed by atoms with van der Waals surface area (Å²) in [6, 6.07) is 0.601. The molecule has 0 saturated carbocycles. The summed E-state index contributed by atoms with van der Waals surface area (Å²) in [5.41, 5.74) is 1.24. The van der Waals surface area contributed by atoms with Gasteiger partial charge in [-0.3, -0.25) is 5.10 Å². The zero-order chi connectivity index (χ0) is 11.4. The van der Waals surface area contributed by atoms with E-state index in [2.05, 4.69) is 34.4 Å². The molecule has 1 aromatic rings. The Kier molecular flexibility index (Phi) is 3.96. The summed E-state index contributed by atoms with van der Waals surface area (Å²) in [6.45, 7) is 5.70. The lowest BCUT2D eigenvalue weighted by atomic mass is 9.90. The van der Waals surface area contributed by atoms with Crippen molar-refractivity contribution in [1.29, 1.82) is 0 Å². The number of aromatic nitrogens is 2. The molecule has 0 radical (unpaired) electrons. The van der Waals surface area contributed by atoms with E-state index in [0.717, 1.165) is 12.5 Å². The summed E-state index contributed by atoms with van der Waals surface area (Å²) in [7, 11) is 2.21. The molecule has 1 unspecified atom stereocenters. The number of likely N-dealkylation sites (tertiary alicyclic amines) is 1. The molecule has 1 aliphatic heterocycles. The predicted molar refractivity (Wildman–Crippen MR) is 65.1 cm³/mol. The lowest BCUT2D eigenvalue weighted by Crippen LogP contribution is -2.40. The first-order valence-corrected chi connectivity index (χ1v) is 6.15. The summed E-state index contributed by atoms with van der Waals surface area (Å²) in [5.74, 6) is 0.822. The number of rotatable bonds is 4. The van der Waals surface area contributed by atoms with E-state index in [9.17, 15) is 0 Å². The van der Waals surface area contributed by atoms with Crippen molar-refractivity contribution in [1.82, 2.24) is 20.4 Å². The molecule has 4 heteroatoms. The molecule has 0 aliphatic carbocycles. The van der Waals surface area contributed by atoms with Crippen molar-refractivity contribution in [3.63, 3.8) is 0 Å². The molecule has 0 aromatic carbocycles. The first-order chi connectivity index (χ1) is 7.75. The smallest absolute Gasteiger partial charge is 0.0532 e. The minimum absolute atomic E-state index is 0.601. The maximum absolute atomic E-state index is 3.95. The van der Waals surface area contributed by atoms with Crippen molar-refractivity contribution in [2.75, 3.05) is 20.1 Å². The first-order valence-electron chi connectivity index (χ1n) is 6.15. The fraction of sp³-hybridized carbons (Fsp3) is 0.750. The van der Waals surface area contributed by atoms with Gasteiger partial charge in [-0.1, -0.05) is 0 Å². The molecule has 0 spiro atoms. The van der Waals surface area contributed by atoms with E-state index < -0.39 is 0 Å². The fourth-order valence-electron chi connectivity index (χ4n) is 2.35. The Balaban J connectivity index is 1.73. The lowest BCUT2D eigenvalue weighted by molar-refractivity contribution is 0.189. The summed E-state index contributed by atoms with van der Waals surface area (Å²) in [5, 5.41) is 10.4. The van der Waals surface area contributed by atoms with Crippen LogP contribution in [0.2, 0.25) is 0 Å². The van der Waals surface area contributed by atoms with Gasteiger partial charge in [-0.2, -0.15) is 5.10 Å². The number of nitrogens with zero attached hydrogens (tertiary/aromatic N) is 2. The van der Waals surface area contributed by atoms with Crippen LogP contribution in [0.1, 0.15) is 25.3 Å². The Hall–Kier alpha value is -0.870. The zero-order valence-electron chi connectivity index (χ0n) is 10.2. The van der Waals surface area contributed by atoms with Gasteiger partial charge in [0, 0.05) is 24.3 Å². The molecular formula is C12H22N4. The highest BCUT2D eigenvalue weighted by molar-refractivity contribution is 5.01. The minimum Gasteiger partial charge on any atom is -0.310 e. The van der Waals surface area contributed by atoms with Gasteiger partial charge >= 0.3 is 0 Å². The molecule has 1 saturated heterocycles. The third-order valence-electron chi connectivity index (χ3n) is 3.65. The van der Waals surface area contributed by atoms with Crippen molar-refractivity contribution < 1.29 is 0 Å². The van der Waals surface area contributed by atoms with Crippen LogP contribution in [0.15, 0.2) is 12.4 Å². The molecule has 2 rings (SSSR count). The monoisotopic (exact) mass is 222 g/mol. The molecule has 0 bridgehead atoms. The van der Waals surface area contributed by atoms with Crippen LogP contribution in [-0.2, 0) is 6.54 Å². The standard InChI is InChI=1S/C12H22N4/c1-10(12-3-5-16(2)6-4-12)13-7-11-8-14-15-9-11/h8-10,12-13H,3-7H2,1-2H3,(H,14,15). The first kappa shape index (κ1) is 11.6. The normalized spacial score (nSPS) is 21.1. The second-order valence-electron chi connectivity index (χ2n) is 4.92. The molecule has 2 heterocycles. The third-order valence-corrected chi connectivity index (χ3v) is 3.65. The van der Waals surface area contributed by atoms with Gasteiger partial charge in [-0.25, -0.2) is 0 Å². The molecule has 4 nitrogen and oxygen atoms in total. The number of nitrogens with one attached hydrogen (secondary N) is 2. The molecule has 2 N–H and O–H groups in total. The molecule has 1 aromatic heterocycles. The highest BCUT2D eigenvalue weighted by Gasteiger charge is 2.21. The molecule has 1 atom stereocenters. The molecule has 16 heavy (non-hydrogen) atoms. The third kappa shape index (κ3) is 3.06. The van der Waals surface area contributed by atoms with Crippen molar-refractivity contribution in [3.8, 4) is 0 Å². The van der Waals surface area contributed by atoms with E-state index in [-0.39, 0.29) is 0 Å². The SMILES string of the molecule is CC(NCc1cn[nH]c1)C1CCN(C)CC1. The minimum atomic E-state index is 0.601. The van der Waals surface area contributed by atoms with Crippen molar-refractivity contribution in [2.24, 2.45) is 5.92 Å². The summed E-state index contributed by atoms with van der Waals surface area (Å²) >= 11 is 0. The Labute approximate surface area is 97.4 Å². The fourth-order valence-corrected chi connectivity index (χ4v) is 2.35. The molecule has 0 amide bonds. The van der Waals surface area contributed by atoms with Gasteiger partial charge in [0.1, 0.15) is 0 Å². The summed E-state index contributed by atoms with van der Waals surface area (Å²) in [4.78, 5) is 2.42. The Morgan fingerprint density at radius 3 is 2.94 bits per heavy atom. The van der Waals surface area contributed by atoms with Crippen LogP contribution in [0.25, 0.3) is 0 Å². The van der Waals surface area contributed by atoms with Gasteiger partial charge in [-0.15, -0.1) is 0 Å². The van der Waals surface area contributed by atoms with E-state index in [4.69, 9.17) is 0 Å². The van der Waals surface area contributed by atoms with Crippen LogP contribution in [0.4, 0.5) is 0 Å². The Bertz CT molecular complexity index is 288.